The van der Waals surface area contributed by atoms with Gasteiger partial charge in [0.2, 0.25) is 0 Å². The molecule has 5 nitrogen and oxygen atoms in total. The zero-order chi connectivity index (χ0) is 12.3. The standard InChI is InChI=1S/C10H19NO4S/c1-10(2,3)9(12)15-8-4-7(5-11-8)6-16(13)14/h7-8,11H,4-6H2,1-3H3,(H,13,14). The summed E-state index contributed by atoms with van der Waals surface area (Å²) in [5.41, 5.74) is -0.514. The van der Waals surface area contributed by atoms with Crippen LogP contribution in [0.4, 0.5) is 0 Å². The van der Waals surface area contributed by atoms with Gasteiger partial charge >= 0.3 is 5.97 Å². The molecule has 0 aliphatic carbocycles. The van der Waals surface area contributed by atoms with Crippen LogP contribution in [0.3, 0.4) is 0 Å². The highest BCUT2D eigenvalue weighted by Gasteiger charge is 2.31. The van der Waals surface area contributed by atoms with Crippen molar-refractivity contribution in [1.29, 1.82) is 0 Å². The Bertz CT molecular complexity index is 287. The second-order valence-electron chi connectivity index (χ2n) is 5.14. The Morgan fingerprint density at radius 3 is 2.69 bits per heavy atom. The first-order valence-electron chi connectivity index (χ1n) is 5.31. The molecule has 0 aromatic heterocycles. The van der Waals surface area contributed by atoms with Crippen molar-refractivity contribution in [1.82, 2.24) is 5.32 Å². The quantitative estimate of drug-likeness (QED) is 0.570. The number of nitrogens with one attached hydrogen (secondary N) is 1. The first-order chi connectivity index (χ1) is 7.29. The number of hydrogen-bond donors (Lipinski definition) is 2. The summed E-state index contributed by atoms with van der Waals surface area (Å²) in [5.74, 6) is 0.0793. The van der Waals surface area contributed by atoms with Gasteiger partial charge in [0, 0.05) is 13.0 Å². The largest absolute Gasteiger partial charge is 0.446 e. The molecule has 1 aliphatic heterocycles. The lowest BCUT2D eigenvalue weighted by Crippen LogP contribution is -2.33. The number of carbonyl (C=O) groups is 1. The van der Waals surface area contributed by atoms with E-state index in [2.05, 4.69) is 5.32 Å². The van der Waals surface area contributed by atoms with Crippen LogP contribution in [-0.2, 0) is 20.6 Å². The van der Waals surface area contributed by atoms with Gasteiger partial charge in [0.05, 0.1) is 11.2 Å². The van der Waals surface area contributed by atoms with Crippen LogP contribution >= 0.6 is 0 Å². The summed E-state index contributed by atoms with van der Waals surface area (Å²) in [6.07, 6.45) is 0.286. The molecule has 6 heteroatoms. The minimum atomic E-state index is -1.78. The monoisotopic (exact) mass is 249 g/mol. The van der Waals surface area contributed by atoms with Gasteiger partial charge in [-0.25, -0.2) is 4.21 Å². The Hall–Kier alpha value is -0.460. The van der Waals surface area contributed by atoms with Gasteiger partial charge in [-0.1, -0.05) is 0 Å². The number of esters is 1. The molecule has 2 N–H and O–H groups in total. The molecule has 1 rings (SSSR count). The molecule has 0 amide bonds. The van der Waals surface area contributed by atoms with E-state index in [1.807, 2.05) is 0 Å². The number of carbonyl (C=O) groups excluding carboxylic acids is 1. The van der Waals surface area contributed by atoms with Gasteiger partial charge in [-0.2, -0.15) is 0 Å². The van der Waals surface area contributed by atoms with E-state index in [9.17, 15) is 9.00 Å². The fourth-order valence-corrected chi connectivity index (χ4v) is 2.15. The topological polar surface area (TPSA) is 75.6 Å². The molecule has 3 unspecified atom stereocenters. The molecule has 1 saturated heterocycles. The van der Waals surface area contributed by atoms with E-state index < -0.39 is 16.5 Å². The van der Waals surface area contributed by atoms with Crippen LogP contribution in [0.15, 0.2) is 0 Å². The second kappa shape index (κ2) is 5.25. The first kappa shape index (κ1) is 13.6. The van der Waals surface area contributed by atoms with E-state index in [4.69, 9.17) is 9.29 Å². The van der Waals surface area contributed by atoms with Gasteiger partial charge in [-0.3, -0.25) is 10.1 Å². The van der Waals surface area contributed by atoms with Crippen LogP contribution in [0.5, 0.6) is 0 Å². The molecule has 0 radical (unpaired) electrons. The third-order valence-corrected chi connectivity index (χ3v) is 3.18. The Kier molecular flexibility index (Phi) is 4.46. The van der Waals surface area contributed by atoms with Crippen molar-refractivity contribution in [3.8, 4) is 0 Å². The van der Waals surface area contributed by atoms with Gasteiger partial charge in [-0.05, 0) is 26.7 Å². The summed E-state index contributed by atoms with van der Waals surface area (Å²) in [5, 5.41) is 3.03. The van der Waals surface area contributed by atoms with Crippen LogP contribution in [0.2, 0.25) is 0 Å². The molecule has 16 heavy (non-hydrogen) atoms. The van der Waals surface area contributed by atoms with Crippen LogP contribution in [0.1, 0.15) is 27.2 Å². The van der Waals surface area contributed by atoms with E-state index in [-0.39, 0.29) is 23.9 Å². The Balaban J connectivity index is 2.37. The summed E-state index contributed by atoms with van der Waals surface area (Å²) in [6.45, 7) is 6.01. The van der Waals surface area contributed by atoms with Crippen molar-refractivity contribution in [2.24, 2.45) is 11.3 Å². The summed E-state index contributed by atoms with van der Waals surface area (Å²) in [6, 6.07) is 0. The lowest BCUT2D eigenvalue weighted by molar-refractivity contribution is -0.159. The molecule has 3 atom stereocenters. The van der Waals surface area contributed by atoms with Crippen molar-refractivity contribution in [3.63, 3.8) is 0 Å². The van der Waals surface area contributed by atoms with Gasteiger partial charge in [0.25, 0.3) is 0 Å². The molecular formula is C10H19NO4S. The third kappa shape index (κ3) is 4.19. The van der Waals surface area contributed by atoms with Crippen LogP contribution in [0, 0.1) is 11.3 Å². The maximum Gasteiger partial charge on any atom is 0.312 e. The lowest BCUT2D eigenvalue weighted by Gasteiger charge is -2.20. The number of hydrogen-bond acceptors (Lipinski definition) is 4. The summed E-state index contributed by atoms with van der Waals surface area (Å²) in [7, 11) is 0. The zero-order valence-corrected chi connectivity index (χ0v) is 10.7. The highest BCUT2D eigenvalue weighted by molar-refractivity contribution is 7.79. The van der Waals surface area contributed by atoms with Gasteiger partial charge in [0.15, 0.2) is 17.3 Å². The Morgan fingerprint density at radius 2 is 2.19 bits per heavy atom. The Labute approximate surface area is 98.2 Å². The first-order valence-corrected chi connectivity index (χ1v) is 6.58. The second-order valence-corrected chi connectivity index (χ2v) is 6.12. The van der Waals surface area contributed by atoms with Crippen LogP contribution in [0.25, 0.3) is 0 Å². The predicted molar refractivity (Wildman–Crippen MR) is 61.1 cm³/mol. The molecule has 0 spiro atoms. The van der Waals surface area contributed by atoms with E-state index in [1.54, 1.807) is 20.8 Å². The molecule has 94 valence electrons. The van der Waals surface area contributed by atoms with Crippen LogP contribution in [-0.4, -0.2) is 33.3 Å². The minimum absolute atomic E-state index is 0.101. The minimum Gasteiger partial charge on any atom is -0.446 e. The van der Waals surface area contributed by atoms with Crippen molar-refractivity contribution >= 4 is 17.0 Å². The highest BCUT2D eigenvalue weighted by Crippen LogP contribution is 2.21. The van der Waals surface area contributed by atoms with E-state index in [0.717, 1.165) is 0 Å². The van der Waals surface area contributed by atoms with Crippen molar-refractivity contribution in [2.75, 3.05) is 12.3 Å². The molecule has 0 saturated carbocycles. The van der Waals surface area contributed by atoms with E-state index in [0.29, 0.717) is 13.0 Å². The molecule has 0 bridgehead atoms. The van der Waals surface area contributed by atoms with Crippen molar-refractivity contribution in [2.45, 2.75) is 33.4 Å². The SMILES string of the molecule is CC(C)(C)C(=O)OC1CC(CS(=O)O)CN1. The molecule has 0 aromatic carbocycles. The molecule has 1 aliphatic rings. The number of ether oxygens (including phenoxy) is 1. The van der Waals surface area contributed by atoms with Crippen molar-refractivity contribution < 1.29 is 18.3 Å². The highest BCUT2D eigenvalue weighted by atomic mass is 32.2. The van der Waals surface area contributed by atoms with E-state index in [1.165, 1.54) is 0 Å². The lowest BCUT2D eigenvalue weighted by atomic mass is 9.97. The molecule has 1 heterocycles. The summed E-state index contributed by atoms with van der Waals surface area (Å²) in [4.78, 5) is 11.6. The van der Waals surface area contributed by atoms with Gasteiger partial charge in [0.1, 0.15) is 0 Å². The number of rotatable bonds is 3. The van der Waals surface area contributed by atoms with Gasteiger partial charge < -0.3 is 9.29 Å². The van der Waals surface area contributed by atoms with Gasteiger partial charge in [-0.15, -0.1) is 0 Å². The molecule has 1 fully saturated rings. The average Bonchev–Trinajstić information content (AvgIpc) is 2.49. The fraction of sp³-hybridized carbons (Fsp3) is 0.900. The Morgan fingerprint density at radius 1 is 1.56 bits per heavy atom. The molecular weight excluding hydrogens is 230 g/mol. The zero-order valence-electron chi connectivity index (χ0n) is 9.86. The maximum absolute atomic E-state index is 11.6. The maximum atomic E-state index is 11.6. The normalized spacial score (nSPS) is 27.8. The summed E-state index contributed by atoms with van der Waals surface area (Å²) < 4.78 is 24.6. The smallest absolute Gasteiger partial charge is 0.312 e. The van der Waals surface area contributed by atoms with Crippen LogP contribution < -0.4 is 5.32 Å². The summed E-state index contributed by atoms with van der Waals surface area (Å²) >= 11 is -1.78. The third-order valence-electron chi connectivity index (χ3n) is 2.42. The van der Waals surface area contributed by atoms with Crippen molar-refractivity contribution in [3.05, 3.63) is 0 Å². The van der Waals surface area contributed by atoms with E-state index >= 15 is 0 Å². The molecule has 0 aromatic rings. The fourth-order valence-electron chi connectivity index (χ4n) is 1.49. The predicted octanol–water partition coefficient (Wildman–Crippen LogP) is 0.733. The average molecular weight is 249 g/mol.